The number of carbonyl (C=O) groups is 2. The van der Waals surface area contributed by atoms with Crippen molar-refractivity contribution in [2.45, 2.75) is 6.92 Å². The predicted octanol–water partition coefficient (Wildman–Crippen LogP) is 18.6. The number of halogens is 7. The Morgan fingerprint density at radius 3 is 1.48 bits per heavy atom. The number of aromatic nitrogens is 8. The quantitative estimate of drug-likeness (QED) is 0.0195. The number of hydrogen-bond donors (Lipinski definition) is 7. The maximum absolute atomic E-state index is 11.5. The van der Waals surface area contributed by atoms with Crippen molar-refractivity contribution < 1.29 is 47.5 Å². The lowest BCUT2D eigenvalue weighted by atomic mass is 10.1. The van der Waals surface area contributed by atoms with Crippen molar-refractivity contribution in [3.8, 4) is 11.5 Å². The Hall–Kier alpha value is -8.49. The molecule has 0 aliphatic rings. The topological polar surface area (TPSA) is 331 Å². The molecule has 31 heteroatoms. The molecule has 0 saturated carbocycles. The van der Waals surface area contributed by atoms with Crippen LogP contribution in [0.4, 0.5) is 35.3 Å². The fourth-order valence-electron chi connectivity index (χ4n) is 8.03. The van der Waals surface area contributed by atoms with E-state index in [1.165, 1.54) is 24.3 Å². The van der Waals surface area contributed by atoms with E-state index in [-0.39, 0.29) is 33.9 Å². The molecule has 458 valence electrons. The van der Waals surface area contributed by atoms with Crippen molar-refractivity contribution in [2.75, 3.05) is 16.4 Å². The summed E-state index contributed by atoms with van der Waals surface area (Å²) in [5.41, 5.74) is 15.3. The van der Waals surface area contributed by atoms with E-state index in [9.17, 15) is 19.7 Å². The first-order valence-electron chi connectivity index (χ1n) is 25.5. The number of oxazole rings is 4. The highest BCUT2D eigenvalue weighted by molar-refractivity contribution is 9.11. The molecule has 0 aliphatic carbocycles. The van der Waals surface area contributed by atoms with Gasteiger partial charge >= 0.3 is 23.7 Å². The molecular weight excluding hydrogens is 1600 g/mol. The molecule has 23 nitrogen and oxygen atoms in total. The lowest BCUT2D eigenvalue weighted by Gasteiger charge is -2.01. The zero-order valence-corrected chi connectivity index (χ0v) is 57.3. The maximum Gasteiger partial charge on any atom is 0.335 e. The zero-order valence-electron chi connectivity index (χ0n) is 46.2. The van der Waals surface area contributed by atoms with Crippen molar-refractivity contribution in [1.29, 1.82) is 0 Å². The van der Waals surface area contributed by atoms with E-state index in [2.05, 4.69) is 136 Å². The lowest BCUT2D eigenvalue weighted by Crippen LogP contribution is -1.99. The molecule has 0 spiro atoms. The van der Waals surface area contributed by atoms with Gasteiger partial charge in [-0.2, -0.15) is 15.0 Å². The summed E-state index contributed by atoms with van der Waals surface area (Å²) in [5, 5.41) is 43.5. The average Bonchev–Trinajstić information content (AvgIpc) is 1.86. The number of fused-ring (bicyclic) bond motifs is 6. The first-order chi connectivity index (χ1) is 42.8. The van der Waals surface area contributed by atoms with Crippen LogP contribution < -0.4 is 16.4 Å². The fourth-order valence-corrected chi connectivity index (χ4v) is 10.5. The number of nitrogen functional groups attached to an aromatic ring is 1. The van der Waals surface area contributed by atoms with Gasteiger partial charge in [0.25, 0.3) is 10.2 Å². The second-order valence-electron chi connectivity index (χ2n) is 18.6. The van der Waals surface area contributed by atoms with E-state index in [1.807, 2.05) is 102 Å². The number of nitro groups is 1. The van der Waals surface area contributed by atoms with Gasteiger partial charge in [-0.05, 0) is 164 Å². The highest BCUT2D eigenvalue weighted by Gasteiger charge is 2.17. The van der Waals surface area contributed by atoms with E-state index in [0.29, 0.717) is 66.8 Å². The van der Waals surface area contributed by atoms with Crippen LogP contribution >= 0.6 is 119 Å². The number of nitro benzene ring substituents is 1. The van der Waals surface area contributed by atoms with Gasteiger partial charge in [-0.25, -0.2) is 14.8 Å². The van der Waals surface area contributed by atoms with E-state index in [0.717, 1.165) is 66.6 Å². The minimum atomic E-state index is -0.985. The number of ketones is 1. The number of nitrogens with one attached hydrogen (secondary N) is 3. The number of rotatable bonds is 7. The van der Waals surface area contributed by atoms with E-state index >= 15 is 0 Å². The third-order valence-electron chi connectivity index (χ3n) is 12.4. The van der Waals surface area contributed by atoms with Crippen molar-refractivity contribution >= 4 is 233 Å². The lowest BCUT2D eigenvalue weighted by molar-refractivity contribution is -0.385. The second-order valence-corrected chi connectivity index (χ2v) is 24.8. The summed E-state index contributed by atoms with van der Waals surface area (Å²) in [6, 6.07) is 42.4. The Morgan fingerprint density at radius 2 is 1.00 bits per heavy atom. The molecule has 0 unspecified atom stereocenters. The Bertz CT molecular complexity index is 4910. The van der Waals surface area contributed by atoms with Gasteiger partial charge in [-0.3, -0.25) is 25.5 Å². The van der Waals surface area contributed by atoms with Crippen molar-refractivity contribution in [3.05, 3.63) is 204 Å². The van der Waals surface area contributed by atoms with Gasteiger partial charge in [-0.1, -0.05) is 95.6 Å². The Kier molecular flexibility index (Phi) is 21.2. The number of anilines is 5. The first-order valence-corrected chi connectivity index (χ1v) is 31.1. The number of phenols is 2. The van der Waals surface area contributed by atoms with E-state index < -0.39 is 10.9 Å². The Morgan fingerprint density at radius 1 is 0.567 bits per heavy atom. The molecule has 0 amide bonds. The average molecular weight is 1640 g/mol. The normalized spacial score (nSPS) is 10.7. The molecule has 14 rings (SSSR count). The molecule has 0 radical (unpaired) electrons. The Balaban J connectivity index is 0.000000134. The summed E-state index contributed by atoms with van der Waals surface area (Å²) in [7, 11) is 3.72. The summed E-state index contributed by atoms with van der Waals surface area (Å²) in [4.78, 5) is 57.1. The molecule has 0 saturated heterocycles. The minimum Gasteiger partial charge on any atom is -0.506 e. The van der Waals surface area contributed by atoms with Crippen LogP contribution in [0.2, 0.25) is 5.35 Å². The number of aromatic carboxylic acids is 1. The number of carbonyl (C=O) groups excluding carboxylic acids is 1. The molecule has 6 heterocycles. The monoisotopic (exact) mass is 1630 g/mol. The number of benzene rings is 8. The summed E-state index contributed by atoms with van der Waals surface area (Å²) in [6.07, 6.45) is 0. The van der Waals surface area contributed by atoms with Crippen LogP contribution in [0.15, 0.2) is 190 Å². The summed E-state index contributed by atoms with van der Waals surface area (Å²) >= 11 is 30.0. The highest BCUT2D eigenvalue weighted by Crippen LogP contribution is 2.31. The van der Waals surface area contributed by atoms with Gasteiger partial charge in [0.1, 0.15) is 22.3 Å². The highest BCUT2D eigenvalue weighted by atomic mass is 79.9. The molecule has 8 aromatic carbocycles. The third-order valence-corrected chi connectivity index (χ3v) is 15.7. The smallest absolute Gasteiger partial charge is 0.335 e. The number of aromatic amines is 1. The van der Waals surface area contributed by atoms with Gasteiger partial charge in [0.05, 0.1) is 43.8 Å². The molecule has 0 bridgehead atoms. The summed E-state index contributed by atoms with van der Waals surface area (Å²) in [6.45, 7) is 1.54. The number of H-pyrrole nitrogens is 1. The number of aromatic hydroxyl groups is 2. The number of nitrogens with zero attached hydrogens (tertiary/aromatic N) is 8. The van der Waals surface area contributed by atoms with Gasteiger partial charge in [0.2, 0.25) is 11.9 Å². The van der Waals surface area contributed by atoms with Crippen molar-refractivity contribution in [2.24, 2.45) is 14.1 Å². The van der Waals surface area contributed by atoms with Crippen molar-refractivity contribution in [3.63, 3.8) is 0 Å². The molecule has 6 aromatic heterocycles. The summed E-state index contributed by atoms with van der Waals surface area (Å²) < 4.78 is 30.5. The number of hydrogen-bond acceptors (Lipinski definition) is 19. The SMILES string of the molecule is CC(=O)c1ccc2c(c1)nc(Nc1nc3ccc(Br)cc3o1)n2C.Clc1nc2ccc(Br)cc2o1.Cn1c(Nc2nc3ccc(Br)cc3o2)nc2cc(C(=O)O)ccc21.Nc1ccc(Br)cc1O.O=[N+]([O-])c1ccc(Br)cc1O.S=c1[nH]c2ccc(Br)cc2o1. The molecule has 8 N–H and O–H groups in total. The van der Waals surface area contributed by atoms with Crippen LogP contribution in [-0.2, 0) is 14.1 Å². The number of carboxylic acids is 1. The molecule has 90 heavy (non-hydrogen) atoms. The molecule has 0 aliphatic heterocycles. The number of aryl methyl sites for hydroxylation is 2. The van der Waals surface area contributed by atoms with Crippen LogP contribution in [-0.4, -0.2) is 71.0 Å². The Labute approximate surface area is 567 Å². The van der Waals surface area contributed by atoms with Crippen LogP contribution in [0.1, 0.15) is 27.6 Å². The standard InChI is InChI=1S/C17H13BrN4O2.C16H11BrN4O3.C7H3BrClNO.C7H4BrNOS.C6H4BrNO3.C6H6BrNO/c1-9(23)10-3-6-14-13(7-10)19-16(22(14)2)21-17-20-12-5-4-11(18)8-15(12)24-17;1-21-12-5-2-8(14(22)23)6-11(12)18-15(21)20-16-19-10-4-3-9(17)7-13(10)24-16;8-4-1-2-5-6(3-4)11-7(9)10-5;8-4-1-2-5-6(3-4)10-7(11)9-5;7-4-1-2-5(8(10)11)6(9)3-4;7-4-1-2-5(8)6(9)3-4/h3-8H,1-2H3,(H,19,20,21);2-7H,1H3,(H,22,23)(H,18,19,20);1-3H;1-3H,(H,9,11);1-3,9H;1-3,9H,8H2. The van der Waals surface area contributed by atoms with Gasteiger partial charge in [0.15, 0.2) is 33.9 Å². The fraction of sp³-hybridized carbons (Fsp3) is 0.0508. The number of imidazole rings is 2. The summed E-state index contributed by atoms with van der Waals surface area (Å²) in [5.74, 6) is -0.0774. The van der Waals surface area contributed by atoms with E-state index in [1.54, 1.807) is 49.4 Å². The van der Waals surface area contributed by atoms with Gasteiger partial charge in [0, 0.05) is 58.6 Å². The largest absolute Gasteiger partial charge is 0.506 e. The third kappa shape index (κ3) is 16.7. The number of Topliss-reactive ketones (excluding diaryl/α,β-unsaturated/α-hetero) is 1. The van der Waals surface area contributed by atoms with Crippen LogP contribution in [0.5, 0.6) is 11.5 Å². The molecular formula is C59H41Br6ClN12O11S. The van der Waals surface area contributed by atoms with Crippen LogP contribution in [0.25, 0.3) is 66.5 Å². The van der Waals surface area contributed by atoms with E-state index in [4.69, 9.17) is 62.5 Å². The number of nitrogens with two attached hydrogens (primary N) is 1. The number of carboxylic acid groups (broad SMARTS) is 1. The molecule has 0 atom stereocenters. The maximum atomic E-state index is 11.5. The van der Waals surface area contributed by atoms with Crippen LogP contribution in [0.3, 0.4) is 0 Å². The minimum absolute atomic E-state index is 0.0154. The molecule has 14 aromatic rings. The zero-order chi connectivity index (χ0) is 64.7. The molecule has 0 fully saturated rings. The van der Waals surface area contributed by atoms with Crippen molar-refractivity contribution in [1.82, 2.24) is 39.0 Å². The van der Waals surface area contributed by atoms with Gasteiger partial charge < -0.3 is 52.8 Å². The van der Waals surface area contributed by atoms with Crippen LogP contribution in [0, 0.1) is 15.0 Å². The first kappa shape index (κ1) is 65.9. The number of phenolic OH excluding ortho intramolecular Hbond substituents is 2. The second kappa shape index (κ2) is 29.0. The van der Waals surface area contributed by atoms with Gasteiger partial charge in [-0.15, -0.1) is 0 Å². The predicted molar refractivity (Wildman–Crippen MR) is 367 cm³/mol.